The van der Waals surface area contributed by atoms with Gasteiger partial charge in [0, 0.05) is 5.69 Å². The maximum absolute atomic E-state index is 12.8. The Kier molecular flexibility index (Phi) is 8.15. The summed E-state index contributed by atoms with van der Waals surface area (Å²) in [6.07, 6.45) is 5.04. The van der Waals surface area contributed by atoms with Crippen LogP contribution in [-0.4, -0.2) is 35.8 Å². The summed E-state index contributed by atoms with van der Waals surface area (Å²) in [5.41, 5.74) is 10.7. The first-order chi connectivity index (χ1) is 19.6. The first kappa shape index (κ1) is 28.4. The number of carbonyl (C=O) groups excluding carboxylic acids is 3. The predicted molar refractivity (Wildman–Crippen MR) is 161 cm³/mol. The highest BCUT2D eigenvalue weighted by molar-refractivity contribution is 6.21. The van der Waals surface area contributed by atoms with E-state index >= 15 is 0 Å². The normalized spacial score (nSPS) is 18.8. The van der Waals surface area contributed by atoms with Crippen molar-refractivity contribution in [1.29, 1.82) is 0 Å². The minimum Gasteiger partial charge on any atom is -0.490 e. The smallest absolute Gasteiger partial charge is 0.261 e. The Morgan fingerprint density at radius 1 is 0.927 bits per heavy atom. The van der Waals surface area contributed by atoms with Gasteiger partial charge in [-0.05, 0) is 90.5 Å². The minimum atomic E-state index is -0.318. The topological polar surface area (TPSA) is 102 Å². The van der Waals surface area contributed by atoms with Crippen LogP contribution in [0.15, 0.2) is 66.7 Å². The molecule has 1 aliphatic heterocycles. The molecule has 1 aliphatic carbocycles. The van der Waals surface area contributed by atoms with Crippen LogP contribution in [0.4, 0.5) is 11.4 Å². The third-order valence-corrected chi connectivity index (χ3v) is 8.48. The zero-order chi connectivity index (χ0) is 29.1. The number of amides is 3. The molecule has 3 aromatic rings. The molecule has 5 rings (SSSR count). The molecule has 41 heavy (non-hydrogen) atoms. The van der Waals surface area contributed by atoms with E-state index in [1.165, 1.54) is 36.1 Å². The van der Waals surface area contributed by atoms with Crippen molar-refractivity contribution in [3.63, 3.8) is 0 Å². The highest BCUT2D eigenvalue weighted by Crippen LogP contribution is 2.43. The lowest BCUT2D eigenvalue weighted by molar-refractivity contribution is -0.115. The molecule has 0 saturated heterocycles. The molecule has 1 fully saturated rings. The number of nitrogens with two attached hydrogens (primary N) is 1. The van der Waals surface area contributed by atoms with Crippen LogP contribution >= 0.6 is 0 Å². The van der Waals surface area contributed by atoms with E-state index in [1.807, 2.05) is 12.1 Å². The monoisotopic (exact) mass is 553 g/mol. The highest BCUT2D eigenvalue weighted by Gasteiger charge is 2.35. The molecule has 7 heteroatoms. The largest absolute Gasteiger partial charge is 0.490 e. The van der Waals surface area contributed by atoms with Gasteiger partial charge < -0.3 is 15.8 Å². The van der Waals surface area contributed by atoms with E-state index in [4.69, 9.17) is 10.5 Å². The first-order valence-corrected chi connectivity index (χ1v) is 14.5. The van der Waals surface area contributed by atoms with Gasteiger partial charge in [-0.2, -0.15) is 0 Å². The lowest BCUT2D eigenvalue weighted by Crippen LogP contribution is -2.33. The number of nitrogen functional groups attached to an aromatic ring is 1. The van der Waals surface area contributed by atoms with Gasteiger partial charge in [-0.15, -0.1) is 0 Å². The van der Waals surface area contributed by atoms with Gasteiger partial charge in [-0.25, -0.2) is 0 Å². The van der Waals surface area contributed by atoms with Gasteiger partial charge in [0.1, 0.15) is 12.4 Å². The Balaban J connectivity index is 1.12. The fourth-order valence-corrected chi connectivity index (χ4v) is 6.08. The SMILES string of the molecule is CC(C)(C)C1CCC(c2cccc(NC(=O)Cc3ccc(OCCN4C(=O)c5ccccc5C4=O)c(N)c3)c2)CC1. The number of ether oxygens (including phenoxy) is 1. The van der Waals surface area contributed by atoms with Crippen molar-refractivity contribution in [2.45, 2.75) is 58.8 Å². The van der Waals surface area contributed by atoms with Crippen LogP contribution in [0.1, 0.15) is 84.2 Å². The van der Waals surface area contributed by atoms with E-state index in [9.17, 15) is 14.4 Å². The van der Waals surface area contributed by atoms with E-state index in [-0.39, 0.29) is 37.3 Å². The number of carbonyl (C=O) groups is 3. The van der Waals surface area contributed by atoms with Crippen LogP contribution < -0.4 is 15.8 Å². The Morgan fingerprint density at radius 2 is 1.61 bits per heavy atom. The molecule has 1 heterocycles. The van der Waals surface area contributed by atoms with Gasteiger partial charge in [0.25, 0.3) is 11.8 Å². The predicted octanol–water partition coefficient (Wildman–Crippen LogP) is 6.44. The van der Waals surface area contributed by atoms with E-state index in [0.29, 0.717) is 33.9 Å². The summed E-state index contributed by atoms with van der Waals surface area (Å²) >= 11 is 0. The lowest BCUT2D eigenvalue weighted by Gasteiger charge is -2.37. The van der Waals surface area contributed by atoms with Crippen molar-refractivity contribution in [2.24, 2.45) is 11.3 Å². The fraction of sp³-hybridized carbons (Fsp3) is 0.382. The molecular weight excluding hydrogens is 514 g/mol. The van der Waals surface area contributed by atoms with E-state index < -0.39 is 0 Å². The Labute approximate surface area is 242 Å². The Bertz CT molecular complexity index is 1420. The highest BCUT2D eigenvalue weighted by atomic mass is 16.5. The molecule has 0 unspecified atom stereocenters. The number of rotatable bonds is 8. The third kappa shape index (κ3) is 6.45. The number of benzene rings is 3. The molecule has 3 N–H and O–H groups in total. The second-order valence-electron chi connectivity index (χ2n) is 12.3. The van der Waals surface area contributed by atoms with Crippen LogP contribution in [0, 0.1) is 11.3 Å². The van der Waals surface area contributed by atoms with Gasteiger partial charge in [-0.1, -0.05) is 51.1 Å². The average molecular weight is 554 g/mol. The summed E-state index contributed by atoms with van der Waals surface area (Å²) in [5, 5.41) is 3.04. The van der Waals surface area contributed by atoms with Crippen LogP contribution in [0.2, 0.25) is 0 Å². The van der Waals surface area contributed by atoms with Crippen LogP contribution in [0.3, 0.4) is 0 Å². The van der Waals surface area contributed by atoms with Crippen LogP contribution in [-0.2, 0) is 11.2 Å². The fourth-order valence-electron chi connectivity index (χ4n) is 6.08. The summed E-state index contributed by atoms with van der Waals surface area (Å²) in [6.45, 7) is 7.24. The van der Waals surface area contributed by atoms with Gasteiger partial charge >= 0.3 is 0 Å². The van der Waals surface area contributed by atoms with E-state index in [2.05, 4.69) is 38.2 Å². The number of fused-ring (bicyclic) bond motifs is 1. The molecule has 0 bridgehead atoms. The summed E-state index contributed by atoms with van der Waals surface area (Å²) in [6, 6.07) is 20.3. The second-order valence-corrected chi connectivity index (χ2v) is 12.3. The maximum atomic E-state index is 12.8. The molecule has 1 saturated carbocycles. The Morgan fingerprint density at radius 3 is 2.24 bits per heavy atom. The van der Waals surface area contributed by atoms with Crippen molar-refractivity contribution in [2.75, 3.05) is 24.2 Å². The number of nitrogens with one attached hydrogen (secondary N) is 1. The van der Waals surface area contributed by atoms with Crippen LogP contribution in [0.25, 0.3) is 0 Å². The number of hydrogen-bond donors (Lipinski definition) is 2. The van der Waals surface area contributed by atoms with Gasteiger partial charge in [0.05, 0.1) is 29.8 Å². The minimum absolute atomic E-state index is 0.114. The van der Waals surface area contributed by atoms with Crippen molar-refractivity contribution < 1.29 is 19.1 Å². The van der Waals surface area contributed by atoms with E-state index in [0.717, 1.165) is 17.2 Å². The Hall–Kier alpha value is -4.13. The molecule has 3 aromatic carbocycles. The van der Waals surface area contributed by atoms with Crippen molar-refractivity contribution in [3.05, 3.63) is 89.0 Å². The van der Waals surface area contributed by atoms with Gasteiger partial charge in [-0.3, -0.25) is 19.3 Å². The summed E-state index contributed by atoms with van der Waals surface area (Å²) in [7, 11) is 0. The molecule has 0 radical (unpaired) electrons. The molecule has 0 spiro atoms. The molecule has 0 aromatic heterocycles. The van der Waals surface area contributed by atoms with Crippen molar-refractivity contribution >= 4 is 29.1 Å². The molecule has 2 aliphatic rings. The zero-order valence-electron chi connectivity index (χ0n) is 24.1. The zero-order valence-corrected chi connectivity index (χ0v) is 24.1. The summed E-state index contributed by atoms with van der Waals surface area (Å²) < 4.78 is 5.77. The molecule has 3 amide bonds. The van der Waals surface area contributed by atoms with Crippen molar-refractivity contribution in [3.8, 4) is 5.75 Å². The summed E-state index contributed by atoms with van der Waals surface area (Å²) in [4.78, 5) is 39.1. The third-order valence-electron chi connectivity index (χ3n) is 8.48. The molecule has 214 valence electrons. The quantitative estimate of drug-likeness (QED) is 0.247. The van der Waals surface area contributed by atoms with Crippen LogP contribution in [0.5, 0.6) is 5.75 Å². The number of imide groups is 1. The van der Waals surface area contributed by atoms with Crippen molar-refractivity contribution in [1.82, 2.24) is 4.90 Å². The maximum Gasteiger partial charge on any atom is 0.261 e. The first-order valence-electron chi connectivity index (χ1n) is 14.5. The molecular formula is C34H39N3O4. The average Bonchev–Trinajstić information content (AvgIpc) is 3.19. The molecule has 0 atom stereocenters. The van der Waals surface area contributed by atoms with Gasteiger partial charge in [0.2, 0.25) is 5.91 Å². The standard InChI is InChI=1S/C34H39N3O4/c1-34(2,3)25-14-12-23(13-15-25)24-7-6-8-26(21-24)36-31(38)20-22-11-16-30(29(35)19-22)41-18-17-37-32(39)27-9-4-5-10-28(27)33(37)40/h4-11,16,19,21,23,25H,12-15,17-18,20,35H2,1-3H3,(H,36,38). The second kappa shape index (κ2) is 11.8. The number of anilines is 2. The van der Waals surface area contributed by atoms with Gasteiger partial charge in [0.15, 0.2) is 0 Å². The lowest BCUT2D eigenvalue weighted by atomic mass is 9.68. The summed E-state index contributed by atoms with van der Waals surface area (Å²) in [5.74, 6) is 0.998. The number of nitrogens with zero attached hydrogens (tertiary/aromatic N) is 1. The van der Waals surface area contributed by atoms with E-state index in [1.54, 1.807) is 42.5 Å². The number of hydrogen-bond acceptors (Lipinski definition) is 5. The molecule has 7 nitrogen and oxygen atoms in total.